The quantitative estimate of drug-likeness (QED) is 0.149. The van der Waals surface area contributed by atoms with Crippen molar-refractivity contribution in [2.24, 2.45) is 47.3 Å². The third kappa shape index (κ3) is 29.5. The van der Waals surface area contributed by atoms with Crippen LogP contribution < -0.4 is 0 Å². The smallest absolute Gasteiger partial charge is 4.00 e. The minimum absolute atomic E-state index is 0. The van der Waals surface area contributed by atoms with E-state index in [1.165, 1.54) is 18.9 Å². The molecule has 3 nitrogen and oxygen atoms in total. The Balaban J connectivity index is -0.000000114. The maximum absolute atomic E-state index is 5.23. The van der Waals surface area contributed by atoms with Gasteiger partial charge in [-0.1, -0.05) is 182 Å². The molecule has 3 aliphatic rings. The van der Waals surface area contributed by atoms with Crippen molar-refractivity contribution >= 4 is 35.1 Å². The summed E-state index contributed by atoms with van der Waals surface area (Å²) in [6.07, 6.45) is 13.3. The molecule has 2 saturated carbocycles. The average Bonchev–Trinajstić information content (AvgIpc) is 3.69. The number of ether oxygens (including phenoxy) is 1. The molecule has 0 aromatic carbocycles. The fourth-order valence-corrected chi connectivity index (χ4v) is 19.5. The zero-order valence-electron chi connectivity index (χ0n) is 41.4. The summed E-state index contributed by atoms with van der Waals surface area (Å²) in [5, 5.41) is 0. The van der Waals surface area contributed by atoms with Crippen LogP contribution in [0.3, 0.4) is 0 Å². The van der Waals surface area contributed by atoms with Gasteiger partial charge in [-0.05, 0) is 67.1 Å². The van der Waals surface area contributed by atoms with E-state index in [-0.39, 0.29) is 55.1 Å². The molecule has 0 spiro atoms. The summed E-state index contributed by atoms with van der Waals surface area (Å²) in [6, 6.07) is 0. The van der Waals surface area contributed by atoms with Crippen molar-refractivity contribution < 1.29 is 43.5 Å². The maximum atomic E-state index is 5.23. The van der Waals surface area contributed by atoms with E-state index in [1.54, 1.807) is 12.2 Å². The molecule has 56 heavy (non-hydrogen) atoms. The van der Waals surface area contributed by atoms with Gasteiger partial charge in [-0.3, -0.25) is 6.58 Å². The van der Waals surface area contributed by atoms with E-state index in [0.717, 1.165) is 71.6 Å². The van der Waals surface area contributed by atoms with E-state index in [4.69, 9.17) is 39.9 Å². The molecule has 0 amide bonds. The van der Waals surface area contributed by atoms with Crippen molar-refractivity contribution in [1.29, 1.82) is 0 Å². The number of hydrogen-bond acceptors (Lipinski definition) is 1. The minimum atomic E-state index is -1.49. The molecule has 9 heteroatoms. The fourth-order valence-electron chi connectivity index (χ4n) is 9.39. The Hall–Kier alpha value is 1.28. The van der Waals surface area contributed by atoms with Gasteiger partial charge in [0.25, 0.3) is 0 Å². The van der Waals surface area contributed by atoms with Gasteiger partial charge in [0.15, 0.2) is 0 Å². The first-order chi connectivity index (χ1) is 23.7. The summed E-state index contributed by atoms with van der Waals surface area (Å²) in [7, 11) is 6.80. The van der Waals surface area contributed by atoms with Crippen LogP contribution in [0.15, 0.2) is 43.0 Å². The summed E-state index contributed by atoms with van der Waals surface area (Å²) < 4.78 is 4.94. The van der Waals surface area contributed by atoms with Crippen LogP contribution >= 0.6 is 18.6 Å². The van der Waals surface area contributed by atoms with E-state index in [9.17, 15) is 0 Å². The van der Waals surface area contributed by atoms with Crippen LogP contribution in [-0.2, 0) is 43.5 Å². The number of allylic oxidation sites excluding steroid dienone is 6. The van der Waals surface area contributed by atoms with E-state index in [0.29, 0.717) is 0 Å². The van der Waals surface area contributed by atoms with Crippen LogP contribution in [0, 0.1) is 76.2 Å². The number of hydrogen-bond donors (Lipinski definition) is 0. The first-order valence-electron chi connectivity index (χ1n) is 20.1. The zero-order chi connectivity index (χ0) is 41.7. The first-order valence-corrected chi connectivity index (χ1v) is 30.5. The SMILES string of the molecule is C1CCOC1.C=C/C=C/C.CC1C(C)C(C)C([Si](C)(C)[N-]C(C)(C)C)C1C.CC1C(C)C(C)C([Si](C)(C)[N-]C(C)(C)C)C1C.[CH-]=C/C=C/C.[CH3-].[CH3-].[CH3-].[Cl][Ti][Cl].[Ti+4]. The Kier molecular flexibility index (Phi) is 45.9. The number of halogens is 2. The van der Waals surface area contributed by atoms with Gasteiger partial charge in [-0.2, -0.15) is 6.08 Å². The van der Waals surface area contributed by atoms with E-state index >= 15 is 0 Å². The van der Waals surface area contributed by atoms with Crippen molar-refractivity contribution in [3.05, 3.63) is 81.9 Å². The first kappa shape index (κ1) is 71.8. The van der Waals surface area contributed by atoms with Gasteiger partial charge in [0.2, 0.25) is 0 Å². The molecule has 0 N–H and O–H groups in total. The van der Waals surface area contributed by atoms with Crippen molar-refractivity contribution in [3.8, 4) is 0 Å². The summed E-state index contributed by atoms with van der Waals surface area (Å²) in [6.45, 7) is 57.2. The van der Waals surface area contributed by atoms with Crippen molar-refractivity contribution in [3.63, 3.8) is 0 Å². The molecule has 1 saturated heterocycles. The Morgan fingerprint density at radius 3 is 0.964 bits per heavy atom. The van der Waals surface area contributed by atoms with Gasteiger partial charge >= 0.3 is 57.4 Å². The molecule has 3 rings (SSSR count). The second kappa shape index (κ2) is 35.8. The van der Waals surface area contributed by atoms with Gasteiger partial charge in [0.1, 0.15) is 0 Å². The molecule has 2 aliphatic carbocycles. The second-order valence-corrected chi connectivity index (χ2v) is 29.6. The maximum Gasteiger partial charge on any atom is 4.00 e. The minimum Gasteiger partial charge on any atom is 4.00 e. The van der Waals surface area contributed by atoms with Crippen LogP contribution in [0.25, 0.3) is 9.96 Å². The monoisotopic (exact) mass is 927 g/mol. The molecule has 0 radical (unpaired) electrons. The largest absolute Gasteiger partial charge is 4.00 e. The molecular weight excluding hydrogens is 831 g/mol. The molecular formula is C47H96Cl2N2OSi2Ti2-2. The molecule has 332 valence electrons. The normalized spacial score (nSPS) is 28.1. The summed E-state index contributed by atoms with van der Waals surface area (Å²) in [5.41, 5.74) is 1.97. The van der Waals surface area contributed by atoms with Crippen LogP contribution in [0.2, 0.25) is 37.3 Å². The third-order valence-electron chi connectivity index (χ3n) is 11.6. The molecule has 1 aliphatic heterocycles. The second-order valence-electron chi connectivity index (χ2n) is 18.7. The average molecular weight is 928 g/mol. The predicted octanol–water partition coefficient (Wildman–Crippen LogP) is 17.4. The molecule has 0 aromatic heterocycles. The van der Waals surface area contributed by atoms with Crippen LogP contribution in [-0.4, -0.2) is 40.8 Å². The summed E-state index contributed by atoms with van der Waals surface area (Å²) >= 11 is -0.556. The van der Waals surface area contributed by atoms with Crippen LogP contribution in [0.4, 0.5) is 0 Å². The Labute approximate surface area is 389 Å². The summed E-state index contributed by atoms with van der Waals surface area (Å²) in [4.78, 5) is 10.5. The molecule has 8 unspecified atom stereocenters. The molecule has 3 fully saturated rings. The zero-order valence-corrected chi connectivity index (χ0v) is 48.0. The molecule has 8 atom stereocenters. The van der Waals surface area contributed by atoms with Crippen LogP contribution in [0.1, 0.15) is 124 Å². The van der Waals surface area contributed by atoms with Gasteiger partial charge in [-0.25, -0.2) is 12.2 Å². The fraction of sp³-hybridized carbons (Fsp3) is 0.766. The molecule has 0 bridgehead atoms. The van der Waals surface area contributed by atoms with Crippen molar-refractivity contribution in [2.45, 2.75) is 172 Å². The third-order valence-corrected chi connectivity index (χ3v) is 19.4. The standard InChI is InChI=1S/2C15H32NSi.C5H8.C5H7.C4H8O.3CH3.2ClH.2Ti/c2*1-10-11(2)13(4)14(12(10)3)17(8,9)16-15(5,6)7;2*1-3-5-4-2;1-2-4-5-3-1;;;;;;;/h2*10-14H,1-9H3;3-5H,1H2,2H3;1,3-5H,2H3;1-4H2;3*1H3;2*1H;;/q2*-1;;-1;;3*-1;;;+2;+4/p-2/b;;2*5-4+;;;;;;;;. The topological polar surface area (TPSA) is 37.4 Å². The number of rotatable bonds is 6. The van der Waals surface area contributed by atoms with E-state index in [2.05, 4.69) is 130 Å². The molecule has 1 heterocycles. The number of nitrogens with zero attached hydrogens (tertiary/aromatic N) is 2. The van der Waals surface area contributed by atoms with Gasteiger partial charge in [0.05, 0.1) is 0 Å². The van der Waals surface area contributed by atoms with Crippen molar-refractivity contribution in [2.75, 3.05) is 13.2 Å². The van der Waals surface area contributed by atoms with Gasteiger partial charge in [0, 0.05) is 13.2 Å². The van der Waals surface area contributed by atoms with Gasteiger partial charge in [-0.15, -0.1) is 11.1 Å². The van der Waals surface area contributed by atoms with Crippen LogP contribution in [0.5, 0.6) is 0 Å². The predicted molar refractivity (Wildman–Crippen MR) is 262 cm³/mol. The molecule has 0 aromatic rings. The van der Waals surface area contributed by atoms with E-state index < -0.39 is 33.5 Å². The van der Waals surface area contributed by atoms with E-state index in [1.807, 2.05) is 32.1 Å². The Morgan fingerprint density at radius 2 is 0.857 bits per heavy atom. The summed E-state index contributed by atoms with van der Waals surface area (Å²) in [5.74, 6) is 6.80. The van der Waals surface area contributed by atoms with Crippen molar-refractivity contribution in [1.82, 2.24) is 0 Å². The Bertz CT molecular complexity index is 886. The van der Waals surface area contributed by atoms with Gasteiger partial charge < -0.3 is 37.0 Å². The Morgan fingerprint density at radius 1 is 0.607 bits per heavy atom.